The molecule has 0 atom stereocenters. The Morgan fingerprint density at radius 3 is 1.49 bits per heavy atom. The topological polar surface area (TPSA) is 64.7 Å². The van der Waals surface area contributed by atoms with Gasteiger partial charge in [0.05, 0.1) is 0 Å². The molecule has 0 saturated heterocycles. The highest BCUT2D eigenvalue weighted by Gasteiger charge is 2.19. The van der Waals surface area contributed by atoms with Crippen molar-refractivity contribution in [2.24, 2.45) is 0 Å². The summed E-state index contributed by atoms with van der Waals surface area (Å²) in [5.74, 6) is 2.45. The first-order valence-electron chi connectivity index (χ1n) is 20.5. The van der Waals surface area contributed by atoms with Crippen molar-refractivity contribution in [2.75, 3.05) is 0 Å². The smallest absolute Gasteiger partial charge is 0.227 e. The Morgan fingerprint density at radius 2 is 0.787 bits per heavy atom. The molecule has 5 nitrogen and oxygen atoms in total. The normalized spacial score (nSPS) is 11.6. The number of fused-ring (bicyclic) bond motifs is 8. The maximum absolute atomic E-state index is 6.58. The van der Waals surface area contributed by atoms with E-state index in [9.17, 15) is 0 Å². The van der Waals surface area contributed by atoms with Gasteiger partial charge in [-0.05, 0) is 91.0 Å². The molecule has 2 aromatic heterocycles. The van der Waals surface area contributed by atoms with Crippen LogP contribution in [0.25, 0.3) is 122 Å². The van der Waals surface area contributed by atoms with Crippen LogP contribution in [-0.4, -0.2) is 19.9 Å². The Morgan fingerprint density at radius 1 is 0.295 bits per heavy atom. The third-order valence-electron chi connectivity index (χ3n) is 11.7. The Bertz CT molecular complexity index is 3640. The number of rotatable bonds is 6. The number of hydrogen-bond acceptors (Lipinski definition) is 5. The molecule has 0 N–H and O–H groups in total. The van der Waals surface area contributed by atoms with E-state index in [0.717, 1.165) is 87.6 Å². The molecule has 0 aliphatic carbocycles. The lowest BCUT2D eigenvalue weighted by Crippen LogP contribution is -2.01. The second-order valence-electron chi connectivity index (χ2n) is 15.4. The van der Waals surface area contributed by atoms with Crippen LogP contribution in [0, 0.1) is 0 Å². The van der Waals surface area contributed by atoms with E-state index in [1.54, 1.807) is 0 Å². The first-order chi connectivity index (χ1) is 30.2. The van der Waals surface area contributed by atoms with E-state index in [1.807, 2.05) is 54.6 Å². The zero-order valence-electron chi connectivity index (χ0n) is 32.8. The molecule has 0 aliphatic heterocycles. The SMILES string of the molecule is c1ccc(-c2ccc3cc(-c4nc(-c5ccc6c(ccc7ccc8ccc9nc(-c%10ccccc%10)oc9c8c76)c5)nc(-c5ccccc5-c5ccccc5)n4)ccc3c2)cc1. The van der Waals surface area contributed by atoms with Crippen molar-refractivity contribution in [3.05, 3.63) is 206 Å². The van der Waals surface area contributed by atoms with Gasteiger partial charge in [0.1, 0.15) is 5.52 Å². The summed E-state index contributed by atoms with van der Waals surface area (Å²) in [5.41, 5.74) is 9.87. The first kappa shape index (κ1) is 34.7. The highest BCUT2D eigenvalue weighted by molar-refractivity contribution is 6.26. The molecular formula is C56H34N4O. The van der Waals surface area contributed by atoms with Gasteiger partial charge in [0.15, 0.2) is 23.1 Å². The fourth-order valence-electron chi connectivity index (χ4n) is 8.69. The van der Waals surface area contributed by atoms with Crippen LogP contribution in [0.1, 0.15) is 0 Å². The van der Waals surface area contributed by atoms with Gasteiger partial charge in [-0.2, -0.15) is 0 Å². The number of aromatic nitrogens is 4. The highest BCUT2D eigenvalue weighted by Crippen LogP contribution is 2.40. The third kappa shape index (κ3) is 6.10. The zero-order valence-corrected chi connectivity index (χ0v) is 32.8. The van der Waals surface area contributed by atoms with E-state index in [-0.39, 0.29) is 0 Å². The van der Waals surface area contributed by atoms with Crippen LogP contribution >= 0.6 is 0 Å². The first-order valence-corrected chi connectivity index (χ1v) is 20.5. The van der Waals surface area contributed by atoms with Gasteiger partial charge in [-0.25, -0.2) is 19.9 Å². The van der Waals surface area contributed by atoms with Gasteiger partial charge in [0.25, 0.3) is 0 Å². The molecule has 284 valence electrons. The Balaban J connectivity index is 1.03. The second-order valence-corrected chi connectivity index (χ2v) is 15.4. The summed E-state index contributed by atoms with van der Waals surface area (Å²) in [6.07, 6.45) is 0. The summed E-state index contributed by atoms with van der Waals surface area (Å²) < 4.78 is 6.58. The lowest BCUT2D eigenvalue weighted by molar-refractivity contribution is 0.623. The van der Waals surface area contributed by atoms with Crippen molar-refractivity contribution in [2.45, 2.75) is 0 Å². The Hall–Kier alpha value is -8.28. The molecule has 0 saturated carbocycles. The molecule has 12 rings (SSSR count). The van der Waals surface area contributed by atoms with Crippen LogP contribution < -0.4 is 0 Å². The van der Waals surface area contributed by atoms with E-state index in [2.05, 4.69) is 152 Å². The van der Waals surface area contributed by atoms with Crippen molar-refractivity contribution in [1.29, 1.82) is 0 Å². The fourth-order valence-corrected chi connectivity index (χ4v) is 8.69. The van der Waals surface area contributed by atoms with E-state index >= 15 is 0 Å². The maximum Gasteiger partial charge on any atom is 0.227 e. The molecule has 5 heteroatoms. The number of nitrogens with zero attached hydrogens (tertiary/aromatic N) is 4. The minimum absolute atomic E-state index is 0.604. The summed E-state index contributed by atoms with van der Waals surface area (Å²) in [5, 5.41) is 8.88. The van der Waals surface area contributed by atoms with Crippen LogP contribution in [0.2, 0.25) is 0 Å². The highest BCUT2D eigenvalue weighted by atomic mass is 16.3. The molecule has 0 radical (unpaired) electrons. The molecule has 0 bridgehead atoms. The number of benzene rings is 10. The van der Waals surface area contributed by atoms with Crippen LogP contribution in [0.3, 0.4) is 0 Å². The number of hydrogen-bond donors (Lipinski definition) is 0. The van der Waals surface area contributed by atoms with E-state index in [1.165, 1.54) is 11.1 Å². The number of oxazole rings is 1. The van der Waals surface area contributed by atoms with Crippen molar-refractivity contribution in [3.8, 4) is 67.9 Å². The molecule has 2 heterocycles. The van der Waals surface area contributed by atoms with Gasteiger partial charge < -0.3 is 4.42 Å². The van der Waals surface area contributed by atoms with Crippen molar-refractivity contribution in [3.63, 3.8) is 0 Å². The minimum atomic E-state index is 0.604. The summed E-state index contributed by atoms with van der Waals surface area (Å²) in [7, 11) is 0. The maximum atomic E-state index is 6.58. The second kappa shape index (κ2) is 14.2. The van der Waals surface area contributed by atoms with Crippen molar-refractivity contribution < 1.29 is 4.42 Å². The Kier molecular flexibility index (Phi) is 8.10. The van der Waals surface area contributed by atoms with Gasteiger partial charge >= 0.3 is 0 Å². The summed E-state index contributed by atoms with van der Waals surface area (Å²) in [6, 6.07) is 71.8. The van der Waals surface area contributed by atoms with Crippen LogP contribution in [0.5, 0.6) is 0 Å². The standard InChI is InChI=1S/C56H34N4O/c1-4-12-35(13-5-1)40-23-24-42-33-44(27-25-41(42)32-40)53-58-54(60-55(59-53)48-19-11-10-18-46(48)36-14-6-2-7-15-36)45-28-30-47-43(34-45)26-22-37-20-21-38-29-31-49-52(51(38)50(37)47)61-56(57-49)39-16-8-3-9-17-39/h1-34H. The van der Waals surface area contributed by atoms with E-state index in [4.69, 9.17) is 24.4 Å². The molecule has 0 amide bonds. The molecule has 61 heavy (non-hydrogen) atoms. The average Bonchev–Trinajstić information content (AvgIpc) is 3.79. The van der Waals surface area contributed by atoms with Crippen molar-refractivity contribution in [1.82, 2.24) is 19.9 Å². The quantitative estimate of drug-likeness (QED) is 0.157. The molecule has 0 aliphatic rings. The average molecular weight is 779 g/mol. The lowest BCUT2D eigenvalue weighted by atomic mass is 9.95. The molecule has 0 fully saturated rings. The zero-order chi connectivity index (χ0) is 40.3. The summed E-state index contributed by atoms with van der Waals surface area (Å²) in [6.45, 7) is 0. The van der Waals surface area contributed by atoms with Gasteiger partial charge in [0.2, 0.25) is 5.89 Å². The molecule has 12 aromatic rings. The van der Waals surface area contributed by atoms with E-state index in [0.29, 0.717) is 23.4 Å². The van der Waals surface area contributed by atoms with Gasteiger partial charge in [0, 0.05) is 33.0 Å². The fraction of sp³-hybridized carbons (Fsp3) is 0. The van der Waals surface area contributed by atoms with Crippen LogP contribution in [-0.2, 0) is 0 Å². The van der Waals surface area contributed by atoms with Crippen LogP contribution in [0.4, 0.5) is 0 Å². The predicted molar refractivity (Wildman–Crippen MR) is 250 cm³/mol. The Labute approximate surface area is 351 Å². The molecular weight excluding hydrogens is 745 g/mol. The monoisotopic (exact) mass is 778 g/mol. The minimum Gasteiger partial charge on any atom is -0.435 e. The summed E-state index contributed by atoms with van der Waals surface area (Å²) >= 11 is 0. The largest absolute Gasteiger partial charge is 0.435 e. The van der Waals surface area contributed by atoms with Gasteiger partial charge in [-0.3, -0.25) is 0 Å². The van der Waals surface area contributed by atoms with Crippen LogP contribution in [0.15, 0.2) is 211 Å². The van der Waals surface area contributed by atoms with Gasteiger partial charge in [-0.15, -0.1) is 0 Å². The molecule has 10 aromatic carbocycles. The van der Waals surface area contributed by atoms with E-state index < -0.39 is 0 Å². The molecule has 0 unspecified atom stereocenters. The lowest BCUT2D eigenvalue weighted by Gasteiger charge is -2.13. The molecule has 0 spiro atoms. The summed E-state index contributed by atoms with van der Waals surface area (Å²) in [4.78, 5) is 20.6. The van der Waals surface area contributed by atoms with Crippen molar-refractivity contribution >= 4 is 54.2 Å². The van der Waals surface area contributed by atoms with Gasteiger partial charge in [-0.1, -0.05) is 170 Å². The predicted octanol–water partition coefficient (Wildman–Crippen LogP) is 14.6. The third-order valence-corrected chi connectivity index (χ3v) is 11.7.